The number of benzene rings is 1. The van der Waals surface area contributed by atoms with Crippen LogP contribution in [-0.2, 0) is 30.2 Å². The van der Waals surface area contributed by atoms with Gasteiger partial charge in [0.1, 0.15) is 30.5 Å². The SMILES string of the molecule is BOC=N[C@H]1Cc2ccc(cc2)OCC=C[C@@H](C(=O)OC)NC(=O)[C@H](C(C)C)NC1=O. The lowest BCUT2D eigenvalue weighted by Gasteiger charge is -2.25. The summed E-state index contributed by atoms with van der Waals surface area (Å²) in [6.45, 7) is 3.80. The van der Waals surface area contributed by atoms with E-state index in [1.807, 2.05) is 12.1 Å². The average molecular weight is 429 g/mol. The highest BCUT2D eigenvalue weighted by atomic mass is 16.5. The van der Waals surface area contributed by atoms with Gasteiger partial charge in [-0.1, -0.05) is 32.1 Å². The van der Waals surface area contributed by atoms with E-state index >= 15 is 0 Å². The van der Waals surface area contributed by atoms with Gasteiger partial charge in [0, 0.05) is 6.42 Å². The third kappa shape index (κ3) is 7.16. The first-order chi connectivity index (χ1) is 14.8. The third-order valence-electron chi connectivity index (χ3n) is 4.68. The second-order valence-electron chi connectivity index (χ2n) is 7.33. The number of fused-ring (bicyclic) bond motifs is 12. The van der Waals surface area contributed by atoms with Crippen molar-refractivity contribution < 1.29 is 28.5 Å². The lowest BCUT2D eigenvalue weighted by Crippen LogP contribution is -2.55. The zero-order valence-electron chi connectivity index (χ0n) is 18.2. The summed E-state index contributed by atoms with van der Waals surface area (Å²) in [7, 11) is 2.67. The van der Waals surface area contributed by atoms with Crippen LogP contribution in [0.5, 0.6) is 5.75 Å². The Kier molecular flexibility index (Phi) is 9.11. The van der Waals surface area contributed by atoms with Gasteiger partial charge in [-0.3, -0.25) is 9.59 Å². The standard InChI is InChI=1S/C21H28BN3O6/c1-13(2)18-20(27)24-16(21(28)29-3)5-4-10-30-15-8-6-14(7-9-15)11-17(19(26)25-18)23-12-31-22/h4-9,12-13,16-18H,10-11,22H2,1-3H3,(H,24,27)(H,25,26)/t16-,17-,18-/m0/s1. The summed E-state index contributed by atoms with van der Waals surface area (Å²) in [6.07, 6.45) is 4.63. The van der Waals surface area contributed by atoms with E-state index < -0.39 is 35.9 Å². The summed E-state index contributed by atoms with van der Waals surface area (Å²) in [5.74, 6) is -1.18. The number of hydrogen-bond donors (Lipinski definition) is 2. The lowest BCUT2D eigenvalue weighted by atomic mass is 10.0. The zero-order valence-corrected chi connectivity index (χ0v) is 18.2. The first kappa shape index (κ1) is 24.0. The Morgan fingerprint density at radius 1 is 1.23 bits per heavy atom. The minimum absolute atomic E-state index is 0.202. The molecule has 2 heterocycles. The number of hydrogen-bond acceptors (Lipinski definition) is 7. The van der Waals surface area contributed by atoms with Gasteiger partial charge in [0.15, 0.2) is 6.40 Å². The molecule has 3 rings (SSSR count). The molecule has 0 aromatic heterocycles. The number of carbonyl (C=O) groups excluding carboxylic acids is 3. The molecule has 9 nitrogen and oxygen atoms in total. The quantitative estimate of drug-likeness (QED) is 0.228. The number of esters is 1. The fourth-order valence-electron chi connectivity index (χ4n) is 2.97. The Balaban J connectivity index is 2.39. The van der Waals surface area contributed by atoms with Crippen LogP contribution in [0.2, 0.25) is 0 Å². The zero-order chi connectivity index (χ0) is 22.8. The third-order valence-corrected chi connectivity index (χ3v) is 4.68. The van der Waals surface area contributed by atoms with E-state index in [0.717, 1.165) is 5.56 Å². The van der Waals surface area contributed by atoms with Crippen molar-refractivity contribution in [1.29, 1.82) is 0 Å². The van der Waals surface area contributed by atoms with Gasteiger partial charge in [-0.2, -0.15) is 0 Å². The number of aliphatic imine (C=N–C) groups is 1. The van der Waals surface area contributed by atoms with Gasteiger partial charge in [0.25, 0.3) is 0 Å². The first-order valence-electron chi connectivity index (χ1n) is 9.97. The molecule has 2 aliphatic rings. The molecule has 2 N–H and O–H groups in total. The van der Waals surface area contributed by atoms with Crippen LogP contribution in [0.3, 0.4) is 0 Å². The predicted octanol–water partition coefficient (Wildman–Crippen LogP) is -0.0621. The van der Waals surface area contributed by atoms with Gasteiger partial charge in [-0.25, -0.2) is 9.79 Å². The number of rotatable bonds is 4. The maximum absolute atomic E-state index is 13.0. The van der Waals surface area contributed by atoms with Gasteiger partial charge in [-0.05, 0) is 29.7 Å². The molecule has 0 aliphatic carbocycles. The maximum atomic E-state index is 13.0. The van der Waals surface area contributed by atoms with Crippen LogP contribution in [-0.4, -0.2) is 64.1 Å². The van der Waals surface area contributed by atoms with Crippen LogP contribution in [0, 0.1) is 5.92 Å². The Morgan fingerprint density at radius 2 is 1.94 bits per heavy atom. The van der Waals surface area contributed by atoms with Crippen LogP contribution in [0.1, 0.15) is 19.4 Å². The molecule has 0 saturated carbocycles. The largest absolute Gasteiger partial charge is 0.560 e. The van der Waals surface area contributed by atoms with Gasteiger partial charge >= 0.3 is 14.0 Å². The molecule has 31 heavy (non-hydrogen) atoms. The van der Waals surface area contributed by atoms with Crippen molar-refractivity contribution in [1.82, 2.24) is 10.6 Å². The molecule has 0 spiro atoms. The molecule has 2 amide bonds. The minimum atomic E-state index is -1.02. The Labute approximate surface area is 182 Å². The van der Waals surface area contributed by atoms with E-state index in [1.54, 1.807) is 32.1 Å². The summed E-state index contributed by atoms with van der Waals surface area (Å²) in [4.78, 5) is 42.1. The monoisotopic (exact) mass is 429 g/mol. The van der Waals surface area contributed by atoms with E-state index in [2.05, 4.69) is 15.6 Å². The van der Waals surface area contributed by atoms with Crippen LogP contribution < -0.4 is 15.4 Å². The molecule has 10 heteroatoms. The summed E-state index contributed by atoms with van der Waals surface area (Å²) in [6, 6.07) is 4.58. The molecule has 3 atom stereocenters. The molecule has 2 aliphatic heterocycles. The van der Waals surface area contributed by atoms with E-state index in [1.165, 1.54) is 27.6 Å². The van der Waals surface area contributed by atoms with Crippen LogP contribution >= 0.6 is 0 Å². The molecular formula is C21H28BN3O6. The number of nitrogens with one attached hydrogen (secondary N) is 2. The van der Waals surface area contributed by atoms with Gasteiger partial charge in [-0.15, -0.1) is 0 Å². The Bertz CT molecular complexity index is 825. The van der Waals surface area contributed by atoms with E-state index in [4.69, 9.17) is 14.1 Å². The Hall–Kier alpha value is -3.30. The number of carbonyl (C=O) groups is 3. The second kappa shape index (κ2) is 11.8. The fraction of sp³-hybridized carbons (Fsp3) is 0.429. The molecular weight excluding hydrogens is 401 g/mol. The van der Waals surface area contributed by atoms with Crippen molar-refractivity contribution in [3.05, 3.63) is 42.0 Å². The van der Waals surface area contributed by atoms with Crippen LogP contribution in [0.25, 0.3) is 0 Å². The maximum Gasteiger partial charge on any atom is 0.332 e. The van der Waals surface area contributed by atoms with E-state index in [9.17, 15) is 14.4 Å². The van der Waals surface area contributed by atoms with Crippen LogP contribution in [0.4, 0.5) is 0 Å². The van der Waals surface area contributed by atoms with Gasteiger partial charge in [0.2, 0.25) is 11.8 Å². The Morgan fingerprint density at radius 3 is 2.55 bits per heavy atom. The topological polar surface area (TPSA) is 115 Å². The van der Waals surface area contributed by atoms with Crippen molar-refractivity contribution in [2.45, 2.75) is 38.4 Å². The summed E-state index contributed by atoms with van der Waals surface area (Å²) in [5, 5.41) is 5.37. The average Bonchev–Trinajstić information content (AvgIpc) is 2.76. The molecule has 166 valence electrons. The summed E-state index contributed by atoms with van der Waals surface area (Å²) >= 11 is 0. The highest BCUT2D eigenvalue weighted by Gasteiger charge is 2.30. The highest BCUT2D eigenvalue weighted by molar-refractivity contribution is 6.02. The molecule has 0 unspecified atom stereocenters. The van der Waals surface area contributed by atoms with Crippen molar-refractivity contribution in [3.8, 4) is 5.75 Å². The summed E-state index contributed by atoms with van der Waals surface area (Å²) in [5.41, 5.74) is 0.875. The van der Waals surface area contributed by atoms with E-state index in [-0.39, 0.29) is 12.5 Å². The normalized spacial score (nSPS) is 22.6. The predicted molar refractivity (Wildman–Crippen MR) is 117 cm³/mol. The summed E-state index contributed by atoms with van der Waals surface area (Å²) < 4.78 is 15.3. The van der Waals surface area contributed by atoms with Crippen molar-refractivity contribution >= 4 is 32.2 Å². The number of methoxy groups -OCH3 is 1. The number of amides is 2. The fourth-order valence-corrected chi connectivity index (χ4v) is 2.97. The van der Waals surface area contributed by atoms with Crippen molar-refractivity contribution in [2.24, 2.45) is 10.9 Å². The molecule has 0 saturated heterocycles. The van der Waals surface area contributed by atoms with Gasteiger partial charge in [0.05, 0.1) is 7.11 Å². The molecule has 0 radical (unpaired) electrons. The molecule has 1 aromatic rings. The smallest absolute Gasteiger partial charge is 0.332 e. The second-order valence-corrected chi connectivity index (χ2v) is 7.33. The molecule has 0 fully saturated rings. The lowest BCUT2D eigenvalue weighted by molar-refractivity contribution is -0.144. The van der Waals surface area contributed by atoms with E-state index in [0.29, 0.717) is 12.2 Å². The molecule has 1 aromatic carbocycles. The number of nitrogens with zero attached hydrogens (tertiary/aromatic N) is 1. The van der Waals surface area contributed by atoms with Crippen molar-refractivity contribution in [2.75, 3.05) is 13.7 Å². The highest BCUT2D eigenvalue weighted by Crippen LogP contribution is 2.15. The minimum Gasteiger partial charge on any atom is -0.560 e. The van der Waals surface area contributed by atoms with Crippen molar-refractivity contribution in [3.63, 3.8) is 0 Å². The van der Waals surface area contributed by atoms with Crippen LogP contribution in [0.15, 0.2) is 41.4 Å². The van der Waals surface area contributed by atoms with Gasteiger partial charge < -0.3 is 24.8 Å². The number of ether oxygens (including phenoxy) is 2. The molecule has 2 bridgehead atoms. The first-order valence-corrected chi connectivity index (χ1v) is 9.97.